The standard InChI is InChI=1S/C22H17ClFNO7S/c23-17-11-18(24)16(22(28)29)10-20(17)33(30,31)25-19(12-21(26)27)13-5-4-8-15(9-13)32-14-6-2-1-3-7-14/h1-11,19,25H,12H2,(H,26,27)(H,28,29). The molecule has 0 aromatic heterocycles. The number of aromatic carboxylic acids is 1. The fraction of sp³-hybridized carbons (Fsp3) is 0.0909. The van der Waals surface area contributed by atoms with Gasteiger partial charge in [-0.05, 0) is 42.0 Å². The third-order valence-electron chi connectivity index (χ3n) is 4.46. The lowest BCUT2D eigenvalue weighted by Gasteiger charge is -2.19. The third kappa shape index (κ3) is 6.07. The fourth-order valence-electron chi connectivity index (χ4n) is 2.97. The second kappa shape index (κ2) is 9.99. The molecule has 0 saturated heterocycles. The van der Waals surface area contributed by atoms with E-state index in [2.05, 4.69) is 4.72 Å². The molecule has 0 spiro atoms. The van der Waals surface area contributed by atoms with Crippen molar-refractivity contribution in [1.82, 2.24) is 4.72 Å². The Balaban J connectivity index is 1.96. The van der Waals surface area contributed by atoms with Gasteiger partial charge in [-0.15, -0.1) is 0 Å². The maximum absolute atomic E-state index is 13.8. The lowest BCUT2D eigenvalue weighted by molar-refractivity contribution is -0.137. The molecule has 3 aromatic rings. The first-order chi connectivity index (χ1) is 15.6. The van der Waals surface area contributed by atoms with E-state index in [0.717, 1.165) is 0 Å². The molecule has 172 valence electrons. The monoisotopic (exact) mass is 493 g/mol. The summed E-state index contributed by atoms with van der Waals surface area (Å²) in [5, 5.41) is 17.8. The summed E-state index contributed by atoms with van der Waals surface area (Å²) in [6, 6.07) is 14.8. The molecule has 0 saturated carbocycles. The predicted molar refractivity (Wildman–Crippen MR) is 117 cm³/mol. The molecule has 3 aromatic carbocycles. The SMILES string of the molecule is O=C(O)CC(NS(=O)(=O)c1cc(C(=O)O)c(F)cc1Cl)c1cccc(Oc2ccccc2)c1. The van der Waals surface area contributed by atoms with Gasteiger partial charge in [-0.3, -0.25) is 4.79 Å². The maximum Gasteiger partial charge on any atom is 0.338 e. The summed E-state index contributed by atoms with van der Waals surface area (Å²) in [6.07, 6.45) is -0.640. The zero-order valence-corrected chi connectivity index (χ0v) is 18.3. The number of halogens is 2. The zero-order valence-electron chi connectivity index (χ0n) is 16.7. The Bertz CT molecular complexity index is 1300. The van der Waals surface area contributed by atoms with E-state index >= 15 is 0 Å². The lowest BCUT2D eigenvalue weighted by Crippen LogP contribution is -2.30. The number of para-hydroxylation sites is 1. The quantitative estimate of drug-likeness (QED) is 0.401. The van der Waals surface area contributed by atoms with Crippen LogP contribution in [0.5, 0.6) is 11.5 Å². The van der Waals surface area contributed by atoms with Crippen LogP contribution in [0.2, 0.25) is 5.02 Å². The van der Waals surface area contributed by atoms with Crippen molar-refractivity contribution in [3.8, 4) is 11.5 Å². The summed E-state index contributed by atoms with van der Waals surface area (Å²) in [4.78, 5) is 21.9. The minimum atomic E-state index is -4.54. The Kier molecular flexibility index (Phi) is 7.32. The van der Waals surface area contributed by atoms with Gasteiger partial charge in [-0.1, -0.05) is 41.9 Å². The van der Waals surface area contributed by atoms with Crippen LogP contribution in [0.4, 0.5) is 4.39 Å². The number of aliphatic carboxylic acids is 1. The van der Waals surface area contributed by atoms with Crippen molar-refractivity contribution in [1.29, 1.82) is 0 Å². The smallest absolute Gasteiger partial charge is 0.338 e. The van der Waals surface area contributed by atoms with E-state index in [1.165, 1.54) is 12.1 Å². The summed E-state index contributed by atoms with van der Waals surface area (Å²) in [6.45, 7) is 0. The average molecular weight is 494 g/mol. The van der Waals surface area contributed by atoms with Gasteiger partial charge in [-0.25, -0.2) is 22.3 Å². The Morgan fingerprint density at radius 3 is 2.30 bits per heavy atom. The van der Waals surface area contributed by atoms with E-state index in [9.17, 15) is 27.5 Å². The molecule has 1 unspecified atom stereocenters. The van der Waals surface area contributed by atoms with Crippen LogP contribution in [0.25, 0.3) is 0 Å². The number of benzene rings is 3. The van der Waals surface area contributed by atoms with Gasteiger partial charge in [0.05, 0.1) is 23.0 Å². The number of ether oxygens (including phenoxy) is 1. The van der Waals surface area contributed by atoms with Crippen LogP contribution < -0.4 is 9.46 Å². The molecule has 11 heteroatoms. The van der Waals surface area contributed by atoms with Gasteiger partial charge in [0.15, 0.2) is 0 Å². The number of carboxylic acids is 2. The summed E-state index contributed by atoms with van der Waals surface area (Å²) in [7, 11) is -4.54. The third-order valence-corrected chi connectivity index (χ3v) is 6.39. The van der Waals surface area contributed by atoms with E-state index in [0.29, 0.717) is 23.6 Å². The van der Waals surface area contributed by atoms with Crippen LogP contribution in [0.15, 0.2) is 71.6 Å². The van der Waals surface area contributed by atoms with Crippen LogP contribution in [0, 0.1) is 5.82 Å². The van der Waals surface area contributed by atoms with Crippen LogP contribution in [-0.2, 0) is 14.8 Å². The lowest BCUT2D eigenvalue weighted by atomic mass is 10.0. The highest BCUT2D eigenvalue weighted by atomic mass is 35.5. The first-order valence-corrected chi connectivity index (χ1v) is 11.2. The van der Waals surface area contributed by atoms with Crippen molar-refractivity contribution in [3.05, 3.63) is 88.7 Å². The first kappa shape index (κ1) is 24.2. The van der Waals surface area contributed by atoms with E-state index in [4.69, 9.17) is 21.4 Å². The molecule has 0 fully saturated rings. The summed E-state index contributed by atoms with van der Waals surface area (Å²) in [5.41, 5.74) is -0.626. The van der Waals surface area contributed by atoms with Crippen molar-refractivity contribution in [3.63, 3.8) is 0 Å². The summed E-state index contributed by atoms with van der Waals surface area (Å²) < 4.78 is 47.6. The molecule has 1 atom stereocenters. The number of hydrogen-bond acceptors (Lipinski definition) is 5. The maximum atomic E-state index is 13.8. The zero-order chi connectivity index (χ0) is 24.2. The Morgan fingerprint density at radius 1 is 1.00 bits per heavy atom. The van der Waals surface area contributed by atoms with Crippen LogP contribution in [-0.4, -0.2) is 30.6 Å². The van der Waals surface area contributed by atoms with Crippen molar-refractivity contribution in [2.24, 2.45) is 0 Å². The molecule has 0 heterocycles. The summed E-state index contributed by atoms with van der Waals surface area (Å²) in [5.74, 6) is -3.34. The number of carboxylic acid groups (broad SMARTS) is 2. The Morgan fingerprint density at radius 2 is 1.67 bits per heavy atom. The summed E-state index contributed by atoms with van der Waals surface area (Å²) >= 11 is 5.85. The number of hydrogen-bond donors (Lipinski definition) is 3. The topological polar surface area (TPSA) is 130 Å². The number of carbonyl (C=O) groups is 2. The second-order valence-corrected chi connectivity index (χ2v) is 8.92. The minimum absolute atomic E-state index is 0.270. The molecule has 0 aliphatic heterocycles. The van der Waals surface area contributed by atoms with Gasteiger partial charge in [0.2, 0.25) is 10.0 Å². The van der Waals surface area contributed by atoms with Gasteiger partial charge in [0.1, 0.15) is 22.2 Å². The highest BCUT2D eigenvalue weighted by Gasteiger charge is 2.28. The second-order valence-electron chi connectivity index (χ2n) is 6.83. The van der Waals surface area contributed by atoms with Gasteiger partial charge in [0.25, 0.3) is 0 Å². The van der Waals surface area contributed by atoms with Gasteiger partial charge in [0, 0.05) is 0 Å². The largest absolute Gasteiger partial charge is 0.481 e. The van der Waals surface area contributed by atoms with E-state index in [1.807, 2.05) is 0 Å². The molecule has 0 amide bonds. The van der Waals surface area contributed by atoms with Crippen LogP contribution in [0.3, 0.4) is 0 Å². The Hall–Kier alpha value is -3.47. The minimum Gasteiger partial charge on any atom is -0.481 e. The molecule has 0 bridgehead atoms. The highest BCUT2D eigenvalue weighted by molar-refractivity contribution is 7.89. The highest BCUT2D eigenvalue weighted by Crippen LogP contribution is 2.30. The molecule has 0 aliphatic carbocycles. The van der Waals surface area contributed by atoms with E-state index < -0.39 is 55.7 Å². The Labute approximate surface area is 193 Å². The van der Waals surface area contributed by atoms with Crippen molar-refractivity contribution < 1.29 is 37.3 Å². The molecule has 3 N–H and O–H groups in total. The molecule has 33 heavy (non-hydrogen) atoms. The van der Waals surface area contributed by atoms with Gasteiger partial charge >= 0.3 is 11.9 Å². The van der Waals surface area contributed by atoms with Gasteiger partial charge in [-0.2, -0.15) is 0 Å². The number of rotatable bonds is 9. The number of nitrogens with one attached hydrogen (secondary N) is 1. The van der Waals surface area contributed by atoms with Crippen molar-refractivity contribution >= 4 is 33.6 Å². The molecule has 0 aliphatic rings. The van der Waals surface area contributed by atoms with Crippen molar-refractivity contribution in [2.75, 3.05) is 0 Å². The molecule has 3 rings (SSSR count). The van der Waals surface area contributed by atoms with Crippen LogP contribution in [0.1, 0.15) is 28.4 Å². The molecule has 8 nitrogen and oxygen atoms in total. The normalized spacial score (nSPS) is 12.2. The predicted octanol–water partition coefficient (Wildman–Crippen LogP) is 4.46. The molecular weight excluding hydrogens is 477 g/mol. The molecule has 0 radical (unpaired) electrons. The van der Waals surface area contributed by atoms with E-state index in [-0.39, 0.29) is 5.56 Å². The molecular formula is C22H17ClFNO7S. The first-order valence-electron chi connectivity index (χ1n) is 9.36. The van der Waals surface area contributed by atoms with E-state index in [1.54, 1.807) is 42.5 Å². The van der Waals surface area contributed by atoms with Crippen LogP contribution >= 0.6 is 11.6 Å². The van der Waals surface area contributed by atoms with Crippen molar-refractivity contribution in [2.45, 2.75) is 17.4 Å². The number of sulfonamides is 1. The fourth-order valence-corrected chi connectivity index (χ4v) is 4.74. The average Bonchev–Trinajstić information content (AvgIpc) is 2.73. The van der Waals surface area contributed by atoms with Gasteiger partial charge < -0.3 is 14.9 Å².